The highest BCUT2D eigenvalue weighted by Crippen LogP contribution is 2.42. The van der Waals surface area contributed by atoms with Gasteiger partial charge in [-0.15, -0.1) is 22.7 Å². The summed E-state index contributed by atoms with van der Waals surface area (Å²) in [6.45, 7) is 0. The fourth-order valence-corrected chi connectivity index (χ4v) is 6.94. The summed E-state index contributed by atoms with van der Waals surface area (Å²) in [7, 11) is 3.55. The van der Waals surface area contributed by atoms with Gasteiger partial charge >= 0.3 is 0 Å². The van der Waals surface area contributed by atoms with Crippen molar-refractivity contribution in [2.45, 2.75) is 0 Å². The lowest BCUT2D eigenvalue weighted by molar-refractivity contribution is 0.898. The van der Waals surface area contributed by atoms with E-state index in [1.165, 1.54) is 0 Å². The molecule has 0 aliphatic rings. The molecule has 0 spiro atoms. The third-order valence-electron chi connectivity index (χ3n) is 7.20. The Morgan fingerprint density at radius 3 is 1.47 bits per heavy atom. The molecular weight excluding hydrogens is 488 g/mol. The molecule has 6 heterocycles. The van der Waals surface area contributed by atoms with Gasteiger partial charge in [0.2, 0.25) is 0 Å². The van der Waals surface area contributed by atoms with Crippen molar-refractivity contribution in [1.82, 2.24) is 19.1 Å². The smallest absolute Gasteiger partial charge is 0.259 e. The van der Waals surface area contributed by atoms with Gasteiger partial charge in [0.15, 0.2) is 0 Å². The van der Waals surface area contributed by atoms with E-state index in [1.807, 2.05) is 59.3 Å². The zero-order chi connectivity index (χ0) is 24.3. The second-order valence-electron chi connectivity index (χ2n) is 9.14. The molecule has 0 aliphatic heterocycles. The minimum Gasteiger partial charge on any atom is -0.295 e. The molecule has 0 amide bonds. The molecule has 8 aromatic rings. The largest absolute Gasteiger partial charge is 0.295 e. The summed E-state index contributed by atoms with van der Waals surface area (Å²) in [6.07, 6.45) is 0. The summed E-state index contributed by atoms with van der Waals surface area (Å²) in [4.78, 5) is 39.4. The number of rotatable bonds is 2. The Balaban J connectivity index is 1.67. The third kappa shape index (κ3) is 2.40. The van der Waals surface area contributed by atoms with Crippen molar-refractivity contribution in [3.05, 3.63) is 80.0 Å². The predicted octanol–water partition coefficient (Wildman–Crippen LogP) is 5.97. The second kappa shape index (κ2) is 6.75. The van der Waals surface area contributed by atoms with Gasteiger partial charge in [0.1, 0.15) is 11.3 Å². The molecule has 0 unspecified atom stereocenters. The highest BCUT2D eigenvalue weighted by atomic mass is 32.1. The fourth-order valence-electron chi connectivity index (χ4n) is 5.56. The van der Waals surface area contributed by atoms with Crippen LogP contribution in [0.4, 0.5) is 0 Å². The summed E-state index contributed by atoms with van der Waals surface area (Å²) in [6, 6.07) is 16.0. The highest BCUT2D eigenvalue weighted by Gasteiger charge is 2.24. The molecule has 0 atom stereocenters. The molecular formula is C28H16N4O2S2. The van der Waals surface area contributed by atoms with E-state index in [-0.39, 0.29) is 11.1 Å². The molecule has 8 heteroatoms. The van der Waals surface area contributed by atoms with Gasteiger partial charge in [0, 0.05) is 46.4 Å². The third-order valence-corrected chi connectivity index (χ3v) is 8.99. The number of hydrogen-bond acceptors (Lipinski definition) is 6. The summed E-state index contributed by atoms with van der Waals surface area (Å²) in [5.41, 5.74) is 2.58. The standard InChI is InChI=1S/C28H16N4O2S2/c1-31-25-21-13(11-17(29-25)19-5-3-7-35-19)10-16-24-22-14(9-15(23(21)24)27(31)33)12-18(20-6-4-8-36-20)30-26(22)32(2)28(16)34/h3-12H,1-2H3. The summed E-state index contributed by atoms with van der Waals surface area (Å²) < 4.78 is 3.27. The van der Waals surface area contributed by atoms with Crippen LogP contribution in [-0.4, -0.2) is 19.1 Å². The van der Waals surface area contributed by atoms with Crippen LogP contribution in [-0.2, 0) is 14.1 Å². The van der Waals surface area contributed by atoms with Crippen molar-refractivity contribution < 1.29 is 0 Å². The quantitative estimate of drug-likeness (QED) is 0.215. The van der Waals surface area contributed by atoms with Gasteiger partial charge in [0.05, 0.1) is 21.1 Å². The molecule has 0 saturated carbocycles. The zero-order valence-electron chi connectivity index (χ0n) is 19.2. The summed E-state index contributed by atoms with van der Waals surface area (Å²) >= 11 is 3.20. The SMILES string of the molecule is Cn1c(=O)c2cc3cc(-c4cccs4)nc4c3c3c(cc5cc(-c6cccs6)nc1c5c23)c(=O)n4C. The fraction of sp³-hybridized carbons (Fsp3) is 0.0714. The van der Waals surface area contributed by atoms with Gasteiger partial charge in [-0.25, -0.2) is 9.97 Å². The lowest BCUT2D eigenvalue weighted by Gasteiger charge is -2.19. The Bertz CT molecular complexity index is 2100. The van der Waals surface area contributed by atoms with Crippen molar-refractivity contribution >= 4 is 77.1 Å². The van der Waals surface area contributed by atoms with Crippen molar-refractivity contribution in [2.24, 2.45) is 14.1 Å². The number of aryl methyl sites for hydroxylation is 2. The Morgan fingerprint density at radius 2 is 1.08 bits per heavy atom. The number of nitrogens with zero attached hydrogens (tertiary/aromatic N) is 4. The maximum atomic E-state index is 13.7. The maximum absolute atomic E-state index is 13.7. The topological polar surface area (TPSA) is 69.8 Å². The first-order chi connectivity index (χ1) is 17.5. The van der Waals surface area contributed by atoms with Crippen molar-refractivity contribution in [2.75, 3.05) is 0 Å². The second-order valence-corrected chi connectivity index (χ2v) is 11.0. The predicted molar refractivity (Wildman–Crippen MR) is 149 cm³/mol. The van der Waals surface area contributed by atoms with Gasteiger partial charge < -0.3 is 0 Å². The molecule has 0 fully saturated rings. The Hall–Kier alpha value is -4.14. The first-order valence-corrected chi connectivity index (χ1v) is 13.2. The first-order valence-electron chi connectivity index (χ1n) is 11.4. The van der Waals surface area contributed by atoms with Crippen LogP contribution in [0.3, 0.4) is 0 Å². The minimum absolute atomic E-state index is 0.124. The van der Waals surface area contributed by atoms with Gasteiger partial charge in [-0.3, -0.25) is 18.7 Å². The molecule has 0 N–H and O–H groups in total. The molecule has 6 aromatic heterocycles. The number of aromatic nitrogens is 4. The van der Waals surface area contributed by atoms with Crippen LogP contribution in [0.2, 0.25) is 0 Å². The summed E-state index contributed by atoms with van der Waals surface area (Å²) in [5, 5.41) is 10.4. The Morgan fingerprint density at radius 1 is 0.639 bits per heavy atom. The van der Waals surface area contributed by atoms with Gasteiger partial charge in [-0.05, 0) is 57.9 Å². The van der Waals surface area contributed by atoms with Crippen LogP contribution in [0.5, 0.6) is 0 Å². The van der Waals surface area contributed by atoms with Crippen molar-refractivity contribution in [3.63, 3.8) is 0 Å². The van der Waals surface area contributed by atoms with Crippen LogP contribution < -0.4 is 11.1 Å². The number of benzene rings is 2. The Labute approximate surface area is 211 Å². The van der Waals surface area contributed by atoms with Gasteiger partial charge in [0.25, 0.3) is 11.1 Å². The molecule has 8 rings (SSSR count). The van der Waals surface area contributed by atoms with Crippen LogP contribution in [0.1, 0.15) is 0 Å². The molecule has 0 bridgehead atoms. The van der Waals surface area contributed by atoms with Gasteiger partial charge in [-0.2, -0.15) is 0 Å². The van der Waals surface area contributed by atoms with E-state index in [9.17, 15) is 9.59 Å². The first kappa shape index (κ1) is 20.1. The van der Waals surface area contributed by atoms with E-state index in [4.69, 9.17) is 9.97 Å². The van der Waals surface area contributed by atoms with Crippen LogP contribution in [0.15, 0.2) is 68.9 Å². The van der Waals surface area contributed by atoms with Crippen molar-refractivity contribution in [3.8, 4) is 21.1 Å². The number of pyridine rings is 4. The molecule has 2 aromatic carbocycles. The van der Waals surface area contributed by atoms with E-state index in [2.05, 4.69) is 0 Å². The zero-order valence-corrected chi connectivity index (χ0v) is 20.8. The van der Waals surface area contributed by atoms with E-state index < -0.39 is 0 Å². The normalized spacial score (nSPS) is 12.4. The summed E-state index contributed by atoms with van der Waals surface area (Å²) in [5.74, 6) is 0. The molecule has 172 valence electrons. The van der Waals surface area contributed by atoms with E-state index in [0.29, 0.717) is 22.1 Å². The molecule has 6 nitrogen and oxygen atoms in total. The lowest BCUT2D eigenvalue weighted by Crippen LogP contribution is -2.22. The Kier molecular flexibility index (Phi) is 3.77. The lowest BCUT2D eigenvalue weighted by atomic mass is 9.91. The van der Waals surface area contributed by atoms with Crippen LogP contribution in [0.25, 0.3) is 75.5 Å². The minimum atomic E-state index is -0.124. The van der Waals surface area contributed by atoms with E-state index in [0.717, 1.165) is 53.5 Å². The van der Waals surface area contributed by atoms with Gasteiger partial charge in [-0.1, -0.05) is 12.1 Å². The number of thiophene rings is 2. The molecule has 0 radical (unpaired) electrons. The average molecular weight is 505 g/mol. The average Bonchev–Trinajstić information content (AvgIpc) is 3.62. The monoisotopic (exact) mass is 504 g/mol. The molecule has 0 saturated heterocycles. The maximum Gasteiger partial charge on any atom is 0.259 e. The van der Waals surface area contributed by atoms with E-state index >= 15 is 0 Å². The van der Waals surface area contributed by atoms with Crippen molar-refractivity contribution in [1.29, 1.82) is 0 Å². The highest BCUT2D eigenvalue weighted by molar-refractivity contribution is 7.13. The molecule has 0 aliphatic carbocycles. The van der Waals surface area contributed by atoms with E-state index in [1.54, 1.807) is 45.9 Å². The number of hydrogen-bond donors (Lipinski definition) is 0. The van der Waals surface area contributed by atoms with Crippen LogP contribution in [0, 0.1) is 0 Å². The van der Waals surface area contributed by atoms with Crippen LogP contribution >= 0.6 is 22.7 Å². The molecule has 36 heavy (non-hydrogen) atoms.